The van der Waals surface area contributed by atoms with Gasteiger partial charge in [0.05, 0.1) is 39.9 Å². The normalized spacial score (nSPS) is 14.6. The largest absolute Gasteiger partial charge is 0.756 e. The van der Waals surface area contributed by atoms with Crippen LogP contribution in [0.25, 0.3) is 0 Å². The first kappa shape index (κ1) is 83.1. The van der Waals surface area contributed by atoms with E-state index in [1.807, 2.05) is 27.2 Å². The number of quaternary nitrogens is 1. The number of aliphatic hydroxyl groups is 1. The molecule has 0 rings (SSSR count). The molecule has 0 saturated heterocycles. The number of carbonyl (C=O) groups excluding carboxylic acids is 1. The molecule has 0 aromatic carbocycles. The first-order chi connectivity index (χ1) is 42.5. The summed E-state index contributed by atoms with van der Waals surface area (Å²) in [5, 5.41) is 13.9. The Morgan fingerprint density at radius 1 is 0.414 bits per heavy atom. The Kier molecular flexibility index (Phi) is 63.6. The number of carbonyl (C=O) groups is 1. The van der Waals surface area contributed by atoms with E-state index in [2.05, 4.69) is 165 Å². The highest BCUT2D eigenvalue weighted by Gasteiger charge is 2.23. The molecule has 0 bridgehead atoms. The number of hydrogen-bond acceptors (Lipinski definition) is 6. The number of nitrogens with zero attached hydrogens (tertiary/aromatic N) is 1. The first-order valence-corrected chi connectivity index (χ1v) is 36.8. The molecule has 0 heterocycles. The van der Waals surface area contributed by atoms with Crippen LogP contribution in [0, 0.1) is 0 Å². The summed E-state index contributed by atoms with van der Waals surface area (Å²) in [6, 6.07) is -0.925. The second-order valence-corrected chi connectivity index (χ2v) is 25.9. The predicted molar refractivity (Wildman–Crippen MR) is 380 cm³/mol. The molecule has 0 saturated carbocycles. The molecule has 0 fully saturated rings. The molecule has 9 heteroatoms. The molecular formula is C78H133N2O6P. The number of aliphatic hydroxyl groups excluding tert-OH is 1. The van der Waals surface area contributed by atoms with Gasteiger partial charge in [-0.1, -0.05) is 307 Å². The lowest BCUT2D eigenvalue weighted by Gasteiger charge is -2.29. The second-order valence-electron chi connectivity index (χ2n) is 24.5. The van der Waals surface area contributed by atoms with Gasteiger partial charge < -0.3 is 28.8 Å². The Morgan fingerprint density at radius 3 is 1.07 bits per heavy atom. The molecule has 0 radical (unpaired) electrons. The number of phosphoric ester groups is 1. The lowest BCUT2D eigenvalue weighted by atomic mass is 10.0. The third-order valence-corrected chi connectivity index (χ3v) is 15.9. The molecule has 8 nitrogen and oxygen atoms in total. The fourth-order valence-electron chi connectivity index (χ4n) is 9.51. The van der Waals surface area contributed by atoms with Crippen LogP contribution in [0.1, 0.15) is 277 Å². The highest BCUT2D eigenvalue weighted by atomic mass is 31.2. The highest BCUT2D eigenvalue weighted by molar-refractivity contribution is 7.45. The monoisotopic (exact) mass is 1220 g/mol. The zero-order chi connectivity index (χ0) is 63.4. The van der Waals surface area contributed by atoms with Crippen LogP contribution in [0.2, 0.25) is 0 Å². The summed E-state index contributed by atoms with van der Waals surface area (Å²) in [6.45, 7) is 4.51. The van der Waals surface area contributed by atoms with Gasteiger partial charge in [-0.3, -0.25) is 9.36 Å². The van der Waals surface area contributed by atoms with E-state index in [0.717, 1.165) is 122 Å². The van der Waals surface area contributed by atoms with Crippen molar-refractivity contribution in [3.8, 4) is 0 Å². The highest BCUT2D eigenvalue weighted by Crippen LogP contribution is 2.38. The number of hydrogen-bond donors (Lipinski definition) is 2. The van der Waals surface area contributed by atoms with E-state index in [0.29, 0.717) is 17.4 Å². The Hall–Kier alpha value is -3.88. The van der Waals surface area contributed by atoms with E-state index in [1.165, 1.54) is 135 Å². The van der Waals surface area contributed by atoms with Gasteiger partial charge in [0.25, 0.3) is 7.82 Å². The van der Waals surface area contributed by atoms with Crippen molar-refractivity contribution >= 4 is 13.7 Å². The van der Waals surface area contributed by atoms with Crippen LogP contribution >= 0.6 is 7.82 Å². The lowest BCUT2D eigenvalue weighted by molar-refractivity contribution is -0.870. The number of amides is 1. The zero-order valence-electron chi connectivity index (χ0n) is 56.7. The van der Waals surface area contributed by atoms with Crippen molar-refractivity contribution in [2.45, 2.75) is 289 Å². The number of likely N-dealkylation sites (N-methyl/N-ethyl adjacent to an activating group) is 1. The second kappa shape index (κ2) is 66.5. The van der Waals surface area contributed by atoms with Gasteiger partial charge >= 0.3 is 0 Å². The third-order valence-electron chi connectivity index (χ3n) is 14.9. The summed E-state index contributed by atoms with van der Waals surface area (Å²) < 4.78 is 23.4. The lowest BCUT2D eigenvalue weighted by Crippen LogP contribution is -2.45. The molecular weight excluding hydrogens is 1090 g/mol. The molecule has 0 aliphatic heterocycles. The smallest absolute Gasteiger partial charge is 0.268 e. The molecule has 496 valence electrons. The minimum atomic E-state index is -4.63. The molecule has 0 aromatic heterocycles. The standard InChI is InChI=1S/C78H133N2O6P/c1-6-8-10-12-14-16-18-20-22-24-26-28-30-32-33-34-35-36-37-38-39-40-41-42-43-44-45-46-47-48-50-52-54-56-58-60-62-64-66-68-70-72-78(82)79-76(75-86-87(83,84)85-74-73-80(3,4)5)77(81)71-69-67-65-63-61-59-57-55-53-51-49-31-29-27-25-23-21-19-17-15-13-11-9-7-2/h8,10,14,16,20,22,26,28,32-33,35-36,38-39,41-42,44-45,47-48,53,55,61,63,69,71,76-77,81H,6-7,9,11-13,15,17-19,21,23-25,27,29-31,34,37,40,43,46,49-52,54,56-60,62,64-68,70,72-75H2,1-5H3,(H-,79,82,83,84)/b10-8-,16-14-,22-20-,28-26-,33-32-,36-35-,39-38-,42-41-,45-44-,48-47-,55-53+,63-61+,71-69+. The maximum Gasteiger partial charge on any atom is 0.268 e. The number of unbranched alkanes of at least 4 members (excludes halogenated alkanes) is 26. The fourth-order valence-corrected chi connectivity index (χ4v) is 10.2. The van der Waals surface area contributed by atoms with Crippen LogP contribution in [-0.2, 0) is 18.4 Å². The van der Waals surface area contributed by atoms with Crippen molar-refractivity contribution in [1.82, 2.24) is 5.32 Å². The van der Waals surface area contributed by atoms with Crippen molar-refractivity contribution in [2.24, 2.45) is 0 Å². The van der Waals surface area contributed by atoms with Gasteiger partial charge in [0.1, 0.15) is 13.2 Å². The van der Waals surface area contributed by atoms with Gasteiger partial charge in [-0.05, 0) is 122 Å². The Bertz CT molecular complexity index is 1980. The summed E-state index contributed by atoms with van der Waals surface area (Å²) in [5.74, 6) is -0.221. The maximum absolute atomic E-state index is 13.0. The molecule has 3 unspecified atom stereocenters. The quantitative estimate of drug-likeness (QED) is 0.0272. The van der Waals surface area contributed by atoms with E-state index >= 15 is 0 Å². The van der Waals surface area contributed by atoms with Crippen molar-refractivity contribution in [3.05, 3.63) is 158 Å². The van der Waals surface area contributed by atoms with Crippen molar-refractivity contribution in [3.63, 3.8) is 0 Å². The van der Waals surface area contributed by atoms with Gasteiger partial charge in [0, 0.05) is 6.42 Å². The van der Waals surface area contributed by atoms with Gasteiger partial charge in [-0.25, -0.2) is 0 Å². The maximum atomic E-state index is 13.0. The summed E-state index contributed by atoms with van der Waals surface area (Å²) in [7, 11) is 1.22. The SMILES string of the molecule is CC/C=C\C/C=C\C/C=C\C/C=C\C/C=C\C/C=C\C/C=C\C/C=C\C/C=C\C/C=C\CCCCCCCCCCCCC(=O)NC(COP(=O)([O-])OCC[N+](C)(C)C)C(O)/C=C/CC/C=C/CC/C=C/CCCCCCCCCCCCCCCC. The number of rotatable bonds is 63. The minimum Gasteiger partial charge on any atom is -0.756 e. The molecule has 2 N–H and O–H groups in total. The van der Waals surface area contributed by atoms with Crippen LogP contribution < -0.4 is 10.2 Å². The molecule has 0 aliphatic rings. The van der Waals surface area contributed by atoms with Gasteiger partial charge in [0.15, 0.2) is 0 Å². The molecule has 0 spiro atoms. The molecule has 3 atom stereocenters. The summed E-state index contributed by atoms with van der Waals surface area (Å²) in [4.78, 5) is 25.6. The van der Waals surface area contributed by atoms with Crippen LogP contribution in [-0.4, -0.2) is 68.5 Å². The van der Waals surface area contributed by atoms with Gasteiger partial charge in [-0.2, -0.15) is 0 Å². The van der Waals surface area contributed by atoms with Crippen LogP contribution in [0.5, 0.6) is 0 Å². The first-order valence-electron chi connectivity index (χ1n) is 35.3. The Balaban J connectivity index is 4.17. The van der Waals surface area contributed by atoms with E-state index in [-0.39, 0.29) is 12.5 Å². The number of allylic oxidation sites excluding steroid dienone is 25. The van der Waals surface area contributed by atoms with E-state index < -0.39 is 26.6 Å². The average molecular weight is 1230 g/mol. The Labute approximate surface area is 537 Å². The van der Waals surface area contributed by atoms with E-state index in [9.17, 15) is 19.4 Å². The van der Waals surface area contributed by atoms with Gasteiger partial charge in [0.2, 0.25) is 5.91 Å². The van der Waals surface area contributed by atoms with Crippen molar-refractivity contribution < 1.29 is 32.9 Å². The molecule has 1 amide bonds. The molecule has 0 aromatic rings. The van der Waals surface area contributed by atoms with E-state index in [4.69, 9.17) is 9.05 Å². The predicted octanol–water partition coefficient (Wildman–Crippen LogP) is 22.3. The summed E-state index contributed by atoms with van der Waals surface area (Å²) >= 11 is 0. The molecule has 87 heavy (non-hydrogen) atoms. The van der Waals surface area contributed by atoms with Crippen LogP contribution in [0.15, 0.2) is 158 Å². The summed E-state index contributed by atoms with van der Waals surface area (Å²) in [6.07, 6.45) is 104. The minimum absolute atomic E-state index is 0.0170. The van der Waals surface area contributed by atoms with Gasteiger partial charge in [-0.15, -0.1) is 0 Å². The zero-order valence-corrected chi connectivity index (χ0v) is 57.6. The summed E-state index contributed by atoms with van der Waals surface area (Å²) in [5.41, 5.74) is 0. The average Bonchev–Trinajstić information content (AvgIpc) is 3.71. The fraction of sp³-hybridized carbons (Fsp3) is 0.654. The van der Waals surface area contributed by atoms with Crippen molar-refractivity contribution in [2.75, 3.05) is 40.9 Å². The Morgan fingerprint density at radius 2 is 0.713 bits per heavy atom. The third kappa shape index (κ3) is 69.5. The van der Waals surface area contributed by atoms with Crippen LogP contribution in [0.4, 0.5) is 0 Å². The van der Waals surface area contributed by atoms with Crippen molar-refractivity contribution in [1.29, 1.82) is 0 Å². The molecule has 0 aliphatic carbocycles. The van der Waals surface area contributed by atoms with Crippen LogP contribution in [0.3, 0.4) is 0 Å². The number of phosphoric acid groups is 1. The van der Waals surface area contributed by atoms with E-state index in [1.54, 1.807) is 6.08 Å². The topological polar surface area (TPSA) is 108 Å². The number of nitrogens with one attached hydrogen (secondary N) is 1.